The van der Waals surface area contributed by atoms with E-state index in [0.29, 0.717) is 18.8 Å². The molecule has 7 nitrogen and oxygen atoms in total. The zero-order chi connectivity index (χ0) is 21.6. The molecule has 2 aromatic carbocycles. The van der Waals surface area contributed by atoms with Crippen molar-refractivity contribution in [2.24, 2.45) is 0 Å². The van der Waals surface area contributed by atoms with Crippen molar-refractivity contribution in [2.75, 3.05) is 37.7 Å². The van der Waals surface area contributed by atoms with Gasteiger partial charge in [0.25, 0.3) is 5.91 Å². The quantitative estimate of drug-likeness (QED) is 0.609. The minimum atomic E-state index is -0.0145. The number of anilines is 1. The SMILES string of the molecule is Cc1cc(N2CCN(C(=O)COc3ccc(Oc4ccccc4)cc3)CC2)nc(C)n1. The zero-order valence-corrected chi connectivity index (χ0v) is 17.8. The van der Waals surface area contributed by atoms with Crippen LogP contribution in [-0.2, 0) is 4.79 Å². The van der Waals surface area contributed by atoms with E-state index in [0.717, 1.165) is 41.9 Å². The van der Waals surface area contributed by atoms with E-state index in [-0.39, 0.29) is 12.5 Å². The molecule has 1 aliphatic rings. The molecule has 1 amide bonds. The second-order valence-corrected chi connectivity index (χ2v) is 7.46. The highest BCUT2D eigenvalue weighted by atomic mass is 16.5. The van der Waals surface area contributed by atoms with Gasteiger partial charge in [0.05, 0.1) is 0 Å². The van der Waals surface area contributed by atoms with Crippen molar-refractivity contribution < 1.29 is 14.3 Å². The minimum absolute atomic E-state index is 0.0145. The number of aromatic nitrogens is 2. The average Bonchev–Trinajstić information content (AvgIpc) is 2.78. The van der Waals surface area contributed by atoms with Gasteiger partial charge in [-0.05, 0) is 50.2 Å². The lowest BCUT2D eigenvalue weighted by atomic mass is 10.3. The Labute approximate surface area is 182 Å². The molecule has 0 atom stereocenters. The highest BCUT2D eigenvalue weighted by molar-refractivity contribution is 5.78. The van der Waals surface area contributed by atoms with E-state index in [9.17, 15) is 4.79 Å². The van der Waals surface area contributed by atoms with Gasteiger partial charge in [0.15, 0.2) is 6.61 Å². The maximum Gasteiger partial charge on any atom is 0.260 e. The van der Waals surface area contributed by atoms with Crippen LogP contribution in [0.5, 0.6) is 17.2 Å². The molecule has 160 valence electrons. The van der Waals surface area contributed by atoms with Gasteiger partial charge in [-0.25, -0.2) is 9.97 Å². The second kappa shape index (κ2) is 9.47. The van der Waals surface area contributed by atoms with Crippen LogP contribution in [0, 0.1) is 13.8 Å². The fourth-order valence-corrected chi connectivity index (χ4v) is 3.51. The topological polar surface area (TPSA) is 67.8 Å². The van der Waals surface area contributed by atoms with Gasteiger partial charge in [-0.3, -0.25) is 4.79 Å². The number of amides is 1. The van der Waals surface area contributed by atoms with Crippen molar-refractivity contribution in [1.29, 1.82) is 0 Å². The van der Waals surface area contributed by atoms with E-state index in [1.54, 1.807) is 0 Å². The first-order valence-electron chi connectivity index (χ1n) is 10.4. The van der Waals surface area contributed by atoms with Gasteiger partial charge >= 0.3 is 0 Å². The number of piperazine rings is 1. The van der Waals surface area contributed by atoms with E-state index >= 15 is 0 Å². The Morgan fingerprint density at radius 3 is 2.19 bits per heavy atom. The molecular weight excluding hydrogens is 392 g/mol. The molecule has 0 bridgehead atoms. The van der Waals surface area contributed by atoms with Gasteiger partial charge in [0, 0.05) is 37.9 Å². The maximum absolute atomic E-state index is 12.6. The van der Waals surface area contributed by atoms with Gasteiger partial charge in [0.1, 0.15) is 28.9 Å². The lowest BCUT2D eigenvalue weighted by molar-refractivity contribution is -0.133. The zero-order valence-electron chi connectivity index (χ0n) is 17.8. The summed E-state index contributed by atoms with van der Waals surface area (Å²) in [5.74, 6) is 3.81. The molecule has 7 heteroatoms. The molecule has 0 aliphatic carbocycles. The number of hydrogen-bond acceptors (Lipinski definition) is 6. The molecule has 1 aromatic heterocycles. The summed E-state index contributed by atoms with van der Waals surface area (Å²) in [6.07, 6.45) is 0. The van der Waals surface area contributed by atoms with E-state index in [1.165, 1.54) is 0 Å². The van der Waals surface area contributed by atoms with Crippen LogP contribution >= 0.6 is 0 Å². The molecule has 4 rings (SSSR count). The molecule has 3 aromatic rings. The molecule has 0 radical (unpaired) electrons. The number of aryl methyl sites for hydroxylation is 2. The highest BCUT2D eigenvalue weighted by Crippen LogP contribution is 2.23. The lowest BCUT2D eigenvalue weighted by Gasteiger charge is -2.35. The van der Waals surface area contributed by atoms with Crippen molar-refractivity contribution in [3.05, 3.63) is 72.2 Å². The van der Waals surface area contributed by atoms with Crippen molar-refractivity contribution >= 4 is 11.7 Å². The van der Waals surface area contributed by atoms with Gasteiger partial charge in [0.2, 0.25) is 0 Å². The molecular formula is C24H26N4O3. The van der Waals surface area contributed by atoms with Gasteiger partial charge in [-0.15, -0.1) is 0 Å². The monoisotopic (exact) mass is 418 g/mol. The van der Waals surface area contributed by atoms with Gasteiger partial charge < -0.3 is 19.3 Å². The molecule has 0 spiro atoms. The molecule has 0 saturated carbocycles. The molecule has 2 heterocycles. The Hall–Kier alpha value is -3.61. The summed E-state index contributed by atoms with van der Waals surface area (Å²) in [5, 5.41) is 0. The third kappa shape index (κ3) is 5.51. The summed E-state index contributed by atoms with van der Waals surface area (Å²) >= 11 is 0. The predicted molar refractivity (Wildman–Crippen MR) is 119 cm³/mol. The van der Waals surface area contributed by atoms with Gasteiger partial charge in [-0.2, -0.15) is 0 Å². The first-order valence-corrected chi connectivity index (χ1v) is 10.4. The Bertz CT molecular complexity index is 997. The Morgan fingerprint density at radius 1 is 0.871 bits per heavy atom. The molecule has 1 aliphatic heterocycles. The molecule has 31 heavy (non-hydrogen) atoms. The van der Waals surface area contributed by atoms with Crippen LogP contribution in [0.25, 0.3) is 0 Å². The number of para-hydroxylation sites is 1. The summed E-state index contributed by atoms with van der Waals surface area (Å²) in [5.41, 5.74) is 0.953. The van der Waals surface area contributed by atoms with Crippen LogP contribution in [0.2, 0.25) is 0 Å². The summed E-state index contributed by atoms with van der Waals surface area (Å²) in [4.78, 5) is 25.4. The molecule has 1 fully saturated rings. The lowest BCUT2D eigenvalue weighted by Crippen LogP contribution is -2.50. The number of nitrogens with zero attached hydrogens (tertiary/aromatic N) is 4. The van der Waals surface area contributed by atoms with E-state index < -0.39 is 0 Å². The van der Waals surface area contributed by atoms with Crippen LogP contribution in [0.3, 0.4) is 0 Å². The standard InChI is InChI=1S/C24H26N4O3/c1-18-16-23(26-19(2)25-18)27-12-14-28(15-13-27)24(29)17-30-20-8-10-22(11-9-20)31-21-6-4-3-5-7-21/h3-11,16H,12-15,17H2,1-2H3. The normalized spacial score (nSPS) is 13.7. The number of ether oxygens (including phenoxy) is 2. The summed E-state index contributed by atoms with van der Waals surface area (Å²) in [6, 6.07) is 18.9. The predicted octanol–water partition coefficient (Wildman–Crippen LogP) is 3.61. The fourth-order valence-electron chi connectivity index (χ4n) is 3.51. The smallest absolute Gasteiger partial charge is 0.260 e. The summed E-state index contributed by atoms with van der Waals surface area (Å²) in [7, 11) is 0. The third-order valence-corrected chi connectivity index (χ3v) is 5.07. The number of benzene rings is 2. The Kier molecular flexibility index (Phi) is 6.31. The number of carbonyl (C=O) groups is 1. The van der Waals surface area contributed by atoms with E-state index in [2.05, 4.69) is 14.9 Å². The Balaban J connectivity index is 1.25. The third-order valence-electron chi connectivity index (χ3n) is 5.07. The van der Waals surface area contributed by atoms with Crippen molar-refractivity contribution in [3.63, 3.8) is 0 Å². The fraction of sp³-hybridized carbons (Fsp3) is 0.292. The van der Waals surface area contributed by atoms with E-state index in [4.69, 9.17) is 9.47 Å². The molecule has 1 saturated heterocycles. The molecule has 0 unspecified atom stereocenters. The van der Waals surface area contributed by atoms with Crippen molar-refractivity contribution in [2.45, 2.75) is 13.8 Å². The molecule has 0 N–H and O–H groups in total. The van der Waals surface area contributed by atoms with Crippen LogP contribution in [-0.4, -0.2) is 53.6 Å². The first-order chi connectivity index (χ1) is 15.1. The maximum atomic E-state index is 12.6. The summed E-state index contributed by atoms with van der Waals surface area (Å²) in [6.45, 7) is 6.66. The average molecular weight is 418 g/mol. The number of rotatable bonds is 6. The number of carbonyl (C=O) groups excluding carboxylic acids is 1. The van der Waals surface area contributed by atoms with Crippen LogP contribution < -0.4 is 14.4 Å². The number of hydrogen-bond donors (Lipinski definition) is 0. The van der Waals surface area contributed by atoms with Crippen molar-refractivity contribution in [3.8, 4) is 17.2 Å². The van der Waals surface area contributed by atoms with Crippen LogP contribution in [0.4, 0.5) is 5.82 Å². The minimum Gasteiger partial charge on any atom is -0.484 e. The Morgan fingerprint density at radius 2 is 1.52 bits per heavy atom. The largest absolute Gasteiger partial charge is 0.484 e. The first kappa shape index (κ1) is 20.7. The van der Waals surface area contributed by atoms with Crippen molar-refractivity contribution in [1.82, 2.24) is 14.9 Å². The van der Waals surface area contributed by atoms with Gasteiger partial charge in [-0.1, -0.05) is 18.2 Å². The van der Waals surface area contributed by atoms with Crippen LogP contribution in [0.1, 0.15) is 11.5 Å². The van der Waals surface area contributed by atoms with E-state index in [1.807, 2.05) is 79.4 Å². The second-order valence-electron chi connectivity index (χ2n) is 7.46. The summed E-state index contributed by atoms with van der Waals surface area (Å²) < 4.78 is 11.5. The highest BCUT2D eigenvalue weighted by Gasteiger charge is 2.22. The van der Waals surface area contributed by atoms with Crippen LogP contribution in [0.15, 0.2) is 60.7 Å².